The van der Waals surface area contributed by atoms with Crippen molar-refractivity contribution in [3.05, 3.63) is 29.3 Å². The molecule has 0 amide bonds. The SMILES string of the molecule is CC(C)COCCOc1cccc2c1CCC2=O. The van der Waals surface area contributed by atoms with E-state index in [1.54, 1.807) is 0 Å². The van der Waals surface area contributed by atoms with Crippen LogP contribution in [0, 0.1) is 5.92 Å². The van der Waals surface area contributed by atoms with Gasteiger partial charge in [-0.1, -0.05) is 26.0 Å². The quantitative estimate of drug-likeness (QED) is 0.726. The zero-order chi connectivity index (χ0) is 13.0. The minimum Gasteiger partial charge on any atom is -0.491 e. The van der Waals surface area contributed by atoms with Crippen LogP contribution in [0.5, 0.6) is 5.75 Å². The fourth-order valence-corrected chi connectivity index (χ4v) is 2.12. The normalized spacial score (nSPS) is 14.1. The maximum atomic E-state index is 11.6. The molecule has 0 aliphatic heterocycles. The lowest BCUT2D eigenvalue weighted by Crippen LogP contribution is -2.11. The minimum atomic E-state index is 0.228. The topological polar surface area (TPSA) is 35.5 Å². The van der Waals surface area contributed by atoms with Gasteiger partial charge in [0.2, 0.25) is 0 Å². The summed E-state index contributed by atoms with van der Waals surface area (Å²) in [5.74, 6) is 1.61. The first-order valence-corrected chi connectivity index (χ1v) is 6.54. The van der Waals surface area contributed by atoms with Crippen molar-refractivity contribution >= 4 is 5.78 Å². The van der Waals surface area contributed by atoms with E-state index in [0.717, 1.165) is 29.9 Å². The van der Waals surface area contributed by atoms with Crippen LogP contribution in [0.3, 0.4) is 0 Å². The Kier molecular flexibility index (Phi) is 4.37. The Morgan fingerprint density at radius 2 is 2.06 bits per heavy atom. The number of ketones is 1. The Labute approximate surface area is 108 Å². The molecule has 1 aromatic carbocycles. The molecule has 0 spiro atoms. The second kappa shape index (κ2) is 6.01. The van der Waals surface area contributed by atoms with E-state index in [1.807, 2.05) is 18.2 Å². The van der Waals surface area contributed by atoms with Crippen molar-refractivity contribution in [2.24, 2.45) is 5.92 Å². The first kappa shape index (κ1) is 13.1. The summed E-state index contributed by atoms with van der Waals surface area (Å²) in [6.45, 7) is 6.13. The molecule has 0 saturated heterocycles. The number of benzene rings is 1. The summed E-state index contributed by atoms with van der Waals surface area (Å²) in [6, 6.07) is 5.69. The highest BCUT2D eigenvalue weighted by molar-refractivity contribution is 6.01. The summed E-state index contributed by atoms with van der Waals surface area (Å²) in [7, 11) is 0. The minimum absolute atomic E-state index is 0.228. The molecular formula is C15H20O3. The zero-order valence-corrected chi connectivity index (χ0v) is 11.1. The van der Waals surface area contributed by atoms with Crippen LogP contribution >= 0.6 is 0 Å². The van der Waals surface area contributed by atoms with Crippen molar-refractivity contribution in [2.45, 2.75) is 26.7 Å². The van der Waals surface area contributed by atoms with Crippen molar-refractivity contribution in [3.63, 3.8) is 0 Å². The summed E-state index contributed by atoms with van der Waals surface area (Å²) >= 11 is 0. The first-order valence-electron chi connectivity index (χ1n) is 6.54. The second-order valence-electron chi connectivity index (χ2n) is 5.02. The molecule has 0 atom stereocenters. The molecule has 1 aliphatic carbocycles. The lowest BCUT2D eigenvalue weighted by Gasteiger charge is -2.11. The Balaban J connectivity index is 1.85. The van der Waals surface area contributed by atoms with Crippen molar-refractivity contribution in [1.29, 1.82) is 0 Å². The molecule has 3 nitrogen and oxygen atoms in total. The molecule has 18 heavy (non-hydrogen) atoms. The van der Waals surface area contributed by atoms with Gasteiger partial charge in [-0.15, -0.1) is 0 Å². The van der Waals surface area contributed by atoms with Gasteiger partial charge in [0.05, 0.1) is 6.61 Å². The summed E-state index contributed by atoms with van der Waals surface area (Å²) in [6.07, 6.45) is 1.41. The molecule has 1 aromatic rings. The molecule has 98 valence electrons. The van der Waals surface area contributed by atoms with Crippen LogP contribution in [0.2, 0.25) is 0 Å². The van der Waals surface area contributed by atoms with Crippen molar-refractivity contribution in [2.75, 3.05) is 19.8 Å². The summed E-state index contributed by atoms with van der Waals surface area (Å²) < 4.78 is 11.2. The molecule has 0 fully saturated rings. The van der Waals surface area contributed by atoms with Gasteiger partial charge >= 0.3 is 0 Å². The molecule has 0 bridgehead atoms. The molecule has 0 saturated carbocycles. The fraction of sp³-hybridized carbons (Fsp3) is 0.533. The van der Waals surface area contributed by atoms with Crippen LogP contribution in [0.15, 0.2) is 18.2 Å². The molecule has 0 radical (unpaired) electrons. The average molecular weight is 248 g/mol. The molecule has 1 aliphatic rings. The number of hydrogen-bond donors (Lipinski definition) is 0. The van der Waals surface area contributed by atoms with Crippen LogP contribution in [0.1, 0.15) is 36.2 Å². The van der Waals surface area contributed by atoms with Crippen molar-refractivity contribution in [3.8, 4) is 5.75 Å². The molecule has 2 rings (SSSR count). The van der Waals surface area contributed by atoms with E-state index in [4.69, 9.17) is 9.47 Å². The Morgan fingerprint density at radius 3 is 2.83 bits per heavy atom. The van der Waals surface area contributed by atoms with E-state index in [1.165, 1.54) is 0 Å². The van der Waals surface area contributed by atoms with Gasteiger partial charge < -0.3 is 9.47 Å². The van der Waals surface area contributed by atoms with E-state index < -0.39 is 0 Å². The van der Waals surface area contributed by atoms with Crippen LogP contribution in [0.25, 0.3) is 0 Å². The number of ether oxygens (including phenoxy) is 2. The highest BCUT2D eigenvalue weighted by atomic mass is 16.5. The Bertz CT molecular complexity index is 424. The number of carbonyl (C=O) groups is 1. The average Bonchev–Trinajstić information content (AvgIpc) is 2.71. The third-order valence-electron chi connectivity index (χ3n) is 2.97. The predicted molar refractivity (Wildman–Crippen MR) is 70.2 cm³/mol. The fourth-order valence-electron chi connectivity index (χ4n) is 2.12. The summed E-state index contributed by atoms with van der Waals surface area (Å²) in [4.78, 5) is 11.6. The molecular weight excluding hydrogens is 228 g/mol. The second-order valence-corrected chi connectivity index (χ2v) is 5.02. The summed E-state index contributed by atoms with van der Waals surface area (Å²) in [5.41, 5.74) is 1.89. The third-order valence-corrected chi connectivity index (χ3v) is 2.97. The number of carbonyl (C=O) groups excluding carboxylic acids is 1. The molecule has 0 heterocycles. The molecule has 0 unspecified atom stereocenters. The number of hydrogen-bond acceptors (Lipinski definition) is 3. The largest absolute Gasteiger partial charge is 0.491 e. The lowest BCUT2D eigenvalue weighted by molar-refractivity contribution is 0.0816. The van der Waals surface area contributed by atoms with E-state index >= 15 is 0 Å². The van der Waals surface area contributed by atoms with Gasteiger partial charge in [0.1, 0.15) is 12.4 Å². The maximum Gasteiger partial charge on any atom is 0.163 e. The van der Waals surface area contributed by atoms with Gasteiger partial charge in [0.15, 0.2) is 5.78 Å². The Morgan fingerprint density at radius 1 is 1.22 bits per heavy atom. The standard InChI is InChI=1S/C15H20O3/c1-11(2)10-17-8-9-18-15-5-3-4-12-13(15)6-7-14(12)16/h3-5,11H,6-10H2,1-2H3. The molecule has 0 N–H and O–H groups in total. The van der Waals surface area contributed by atoms with Crippen LogP contribution in [-0.4, -0.2) is 25.6 Å². The maximum absolute atomic E-state index is 11.6. The van der Waals surface area contributed by atoms with Gasteiger partial charge in [-0.3, -0.25) is 4.79 Å². The van der Waals surface area contributed by atoms with Gasteiger partial charge in [0.25, 0.3) is 0 Å². The summed E-state index contributed by atoms with van der Waals surface area (Å²) in [5, 5.41) is 0. The number of rotatable bonds is 6. The third kappa shape index (κ3) is 3.10. The predicted octanol–water partition coefficient (Wildman–Crippen LogP) is 2.87. The van der Waals surface area contributed by atoms with Crippen LogP contribution in [0.4, 0.5) is 0 Å². The highest BCUT2D eigenvalue weighted by Crippen LogP contribution is 2.30. The van der Waals surface area contributed by atoms with Crippen LogP contribution in [-0.2, 0) is 11.2 Å². The molecule has 0 aromatic heterocycles. The zero-order valence-electron chi connectivity index (χ0n) is 11.1. The van der Waals surface area contributed by atoms with E-state index in [2.05, 4.69) is 13.8 Å². The van der Waals surface area contributed by atoms with Gasteiger partial charge in [-0.25, -0.2) is 0 Å². The molecule has 3 heteroatoms. The van der Waals surface area contributed by atoms with Crippen molar-refractivity contribution < 1.29 is 14.3 Å². The Hall–Kier alpha value is -1.35. The number of fused-ring (bicyclic) bond motifs is 1. The van der Waals surface area contributed by atoms with Gasteiger partial charge in [-0.2, -0.15) is 0 Å². The van der Waals surface area contributed by atoms with E-state index in [0.29, 0.717) is 25.6 Å². The van der Waals surface area contributed by atoms with Crippen molar-refractivity contribution in [1.82, 2.24) is 0 Å². The first-order chi connectivity index (χ1) is 8.68. The monoisotopic (exact) mass is 248 g/mol. The van der Waals surface area contributed by atoms with E-state index in [9.17, 15) is 4.79 Å². The number of Topliss-reactive ketones (excluding diaryl/α,β-unsaturated/α-hetero) is 1. The van der Waals surface area contributed by atoms with Gasteiger partial charge in [-0.05, 0) is 18.4 Å². The van der Waals surface area contributed by atoms with E-state index in [-0.39, 0.29) is 5.78 Å². The van der Waals surface area contributed by atoms with Gasteiger partial charge in [0, 0.05) is 24.2 Å². The van der Waals surface area contributed by atoms with Crippen LogP contribution < -0.4 is 4.74 Å². The smallest absolute Gasteiger partial charge is 0.163 e. The lowest BCUT2D eigenvalue weighted by atomic mass is 10.1. The highest BCUT2D eigenvalue weighted by Gasteiger charge is 2.22.